The Balaban J connectivity index is 2.18. The zero-order chi connectivity index (χ0) is 14.8. The van der Waals surface area contributed by atoms with Gasteiger partial charge in [-0.05, 0) is 28.7 Å². The molecule has 0 unspecified atom stereocenters. The Morgan fingerprint density at radius 2 is 1.80 bits per heavy atom. The Morgan fingerprint density at radius 3 is 2.35 bits per heavy atom. The maximum absolute atomic E-state index is 5.97. The highest BCUT2D eigenvalue weighted by Crippen LogP contribution is 2.28. The standard InChI is InChI=1S/C16H17Cl2NO/c1-16(2,3)12-4-6-13(7-5-12)20-15-8-11(9-17)14(18)10-19-15/h4-8,10H,9H2,1-3H3. The maximum Gasteiger partial charge on any atom is 0.219 e. The van der Waals surface area contributed by atoms with Crippen LogP contribution in [0.4, 0.5) is 0 Å². The van der Waals surface area contributed by atoms with E-state index in [2.05, 4.69) is 37.9 Å². The van der Waals surface area contributed by atoms with Crippen molar-refractivity contribution in [2.75, 3.05) is 0 Å². The SMILES string of the molecule is CC(C)(C)c1ccc(Oc2cc(CCl)c(Cl)cn2)cc1. The Kier molecular flexibility index (Phi) is 4.56. The molecule has 1 aromatic heterocycles. The smallest absolute Gasteiger partial charge is 0.219 e. The third kappa shape index (κ3) is 3.65. The summed E-state index contributed by atoms with van der Waals surface area (Å²) < 4.78 is 5.72. The Morgan fingerprint density at radius 1 is 1.15 bits per heavy atom. The molecule has 0 bridgehead atoms. The van der Waals surface area contributed by atoms with Gasteiger partial charge in [-0.1, -0.05) is 44.5 Å². The van der Waals surface area contributed by atoms with Gasteiger partial charge >= 0.3 is 0 Å². The van der Waals surface area contributed by atoms with Gasteiger partial charge in [0.05, 0.1) is 5.02 Å². The van der Waals surface area contributed by atoms with Crippen LogP contribution >= 0.6 is 23.2 Å². The minimum atomic E-state index is 0.128. The van der Waals surface area contributed by atoms with E-state index in [0.717, 1.165) is 11.3 Å². The summed E-state index contributed by atoms with van der Waals surface area (Å²) in [6.07, 6.45) is 1.55. The van der Waals surface area contributed by atoms with Gasteiger partial charge in [0.15, 0.2) is 0 Å². The average Bonchev–Trinajstić information content (AvgIpc) is 2.40. The number of benzene rings is 1. The van der Waals surface area contributed by atoms with Crippen LogP contribution in [0.5, 0.6) is 11.6 Å². The van der Waals surface area contributed by atoms with E-state index in [9.17, 15) is 0 Å². The van der Waals surface area contributed by atoms with Crippen LogP contribution in [0.1, 0.15) is 31.9 Å². The minimum absolute atomic E-state index is 0.128. The summed E-state index contributed by atoms with van der Waals surface area (Å²) in [5.74, 6) is 1.57. The number of hydrogen-bond donors (Lipinski definition) is 0. The van der Waals surface area contributed by atoms with Gasteiger partial charge in [0.25, 0.3) is 0 Å². The van der Waals surface area contributed by atoms with E-state index in [0.29, 0.717) is 16.8 Å². The summed E-state index contributed by atoms with van der Waals surface area (Å²) in [7, 11) is 0. The molecule has 0 fully saturated rings. The molecule has 4 heteroatoms. The van der Waals surface area contributed by atoms with Crippen molar-refractivity contribution in [2.24, 2.45) is 0 Å². The van der Waals surface area contributed by atoms with E-state index < -0.39 is 0 Å². The van der Waals surface area contributed by atoms with Crippen LogP contribution in [-0.4, -0.2) is 4.98 Å². The summed E-state index contributed by atoms with van der Waals surface area (Å²) in [6.45, 7) is 6.53. The topological polar surface area (TPSA) is 22.1 Å². The summed E-state index contributed by atoms with van der Waals surface area (Å²) >= 11 is 11.8. The quantitative estimate of drug-likeness (QED) is 0.692. The fourth-order valence-corrected chi connectivity index (χ4v) is 2.22. The van der Waals surface area contributed by atoms with E-state index >= 15 is 0 Å². The number of nitrogens with zero attached hydrogens (tertiary/aromatic N) is 1. The van der Waals surface area contributed by atoms with E-state index in [-0.39, 0.29) is 5.41 Å². The van der Waals surface area contributed by atoms with Gasteiger partial charge in [-0.15, -0.1) is 11.6 Å². The number of ether oxygens (including phenoxy) is 1. The molecule has 106 valence electrons. The van der Waals surface area contributed by atoms with Gasteiger partial charge in [0.1, 0.15) is 5.75 Å². The zero-order valence-corrected chi connectivity index (χ0v) is 13.3. The molecule has 2 nitrogen and oxygen atoms in total. The summed E-state index contributed by atoms with van der Waals surface area (Å²) in [5, 5.41) is 0.551. The predicted molar refractivity (Wildman–Crippen MR) is 84.0 cm³/mol. The maximum atomic E-state index is 5.97. The molecular weight excluding hydrogens is 293 g/mol. The summed E-state index contributed by atoms with van der Waals surface area (Å²) in [6, 6.07) is 9.77. The van der Waals surface area contributed by atoms with Crippen molar-refractivity contribution in [1.82, 2.24) is 4.98 Å². The fourth-order valence-electron chi connectivity index (χ4n) is 1.76. The van der Waals surface area contributed by atoms with Crippen molar-refractivity contribution in [3.63, 3.8) is 0 Å². The lowest BCUT2D eigenvalue weighted by molar-refractivity contribution is 0.461. The second-order valence-corrected chi connectivity index (χ2v) is 6.30. The zero-order valence-electron chi connectivity index (χ0n) is 11.8. The molecule has 0 spiro atoms. The number of pyridine rings is 1. The molecule has 0 saturated heterocycles. The van der Waals surface area contributed by atoms with E-state index in [4.69, 9.17) is 27.9 Å². The van der Waals surface area contributed by atoms with Crippen molar-refractivity contribution in [3.05, 3.63) is 52.7 Å². The van der Waals surface area contributed by atoms with Crippen molar-refractivity contribution in [1.29, 1.82) is 0 Å². The third-order valence-electron chi connectivity index (χ3n) is 3.00. The molecule has 1 aromatic carbocycles. The summed E-state index contributed by atoms with van der Waals surface area (Å²) in [4.78, 5) is 4.14. The van der Waals surface area contributed by atoms with Crippen LogP contribution in [0.3, 0.4) is 0 Å². The Labute approximate surface area is 129 Å². The largest absolute Gasteiger partial charge is 0.439 e. The second kappa shape index (κ2) is 6.02. The Bertz CT molecular complexity index is 588. The van der Waals surface area contributed by atoms with E-state index in [1.54, 1.807) is 12.3 Å². The van der Waals surface area contributed by atoms with Crippen LogP contribution < -0.4 is 4.74 Å². The van der Waals surface area contributed by atoms with Crippen LogP contribution in [0.15, 0.2) is 36.5 Å². The van der Waals surface area contributed by atoms with Crippen molar-refractivity contribution in [2.45, 2.75) is 32.1 Å². The molecule has 1 heterocycles. The molecule has 0 aliphatic rings. The lowest BCUT2D eigenvalue weighted by atomic mass is 9.87. The van der Waals surface area contributed by atoms with Gasteiger partial charge in [-0.3, -0.25) is 0 Å². The summed E-state index contributed by atoms with van der Waals surface area (Å²) in [5.41, 5.74) is 2.20. The minimum Gasteiger partial charge on any atom is -0.439 e. The molecule has 0 N–H and O–H groups in total. The molecule has 0 saturated carbocycles. The molecule has 2 rings (SSSR count). The highest BCUT2D eigenvalue weighted by atomic mass is 35.5. The molecule has 0 aliphatic heterocycles. The fraction of sp³-hybridized carbons (Fsp3) is 0.312. The number of aromatic nitrogens is 1. The second-order valence-electron chi connectivity index (χ2n) is 5.62. The lowest BCUT2D eigenvalue weighted by Crippen LogP contribution is -2.10. The number of rotatable bonds is 3. The predicted octanol–water partition coefficient (Wildman–Crippen LogP) is 5.56. The molecule has 2 aromatic rings. The molecule has 0 radical (unpaired) electrons. The number of alkyl halides is 1. The lowest BCUT2D eigenvalue weighted by Gasteiger charge is -2.19. The highest BCUT2D eigenvalue weighted by molar-refractivity contribution is 6.32. The normalized spacial score (nSPS) is 11.4. The highest BCUT2D eigenvalue weighted by Gasteiger charge is 2.13. The van der Waals surface area contributed by atoms with Gasteiger partial charge in [0, 0.05) is 18.1 Å². The van der Waals surface area contributed by atoms with Crippen molar-refractivity contribution in [3.8, 4) is 11.6 Å². The first-order chi connectivity index (χ1) is 9.40. The first-order valence-corrected chi connectivity index (χ1v) is 7.30. The van der Waals surface area contributed by atoms with Gasteiger partial charge < -0.3 is 4.74 Å². The van der Waals surface area contributed by atoms with E-state index in [1.165, 1.54) is 5.56 Å². The van der Waals surface area contributed by atoms with Crippen molar-refractivity contribution < 1.29 is 4.74 Å². The van der Waals surface area contributed by atoms with E-state index in [1.807, 2.05) is 12.1 Å². The Hall–Kier alpha value is -1.25. The third-order valence-corrected chi connectivity index (χ3v) is 3.62. The first-order valence-electron chi connectivity index (χ1n) is 6.39. The molecule has 0 atom stereocenters. The van der Waals surface area contributed by atoms with Crippen LogP contribution in [0, 0.1) is 0 Å². The van der Waals surface area contributed by atoms with Crippen LogP contribution in [-0.2, 0) is 11.3 Å². The molecule has 0 amide bonds. The van der Waals surface area contributed by atoms with Crippen molar-refractivity contribution >= 4 is 23.2 Å². The molecule has 20 heavy (non-hydrogen) atoms. The van der Waals surface area contributed by atoms with Gasteiger partial charge in [-0.2, -0.15) is 0 Å². The molecular formula is C16H17Cl2NO. The van der Waals surface area contributed by atoms with Gasteiger partial charge in [0.2, 0.25) is 5.88 Å². The molecule has 0 aliphatic carbocycles. The number of hydrogen-bond acceptors (Lipinski definition) is 2. The first kappa shape index (κ1) is 15.1. The monoisotopic (exact) mass is 309 g/mol. The van der Waals surface area contributed by atoms with Gasteiger partial charge in [-0.25, -0.2) is 4.98 Å². The van der Waals surface area contributed by atoms with Crippen LogP contribution in [0.25, 0.3) is 0 Å². The average molecular weight is 310 g/mol. The number of halogens is 2. The van der Waals surface area contributed by atoms with Crippen LogP contribution in [0.2, 0.25) is 5.02 Å².